The summed E-state index contributed by atoms with van der Waals surface area (Å²) in [5.74, 6) is -0.377. The van der Waals surface area contributed by atoms with Crippen molar-refractivity contribution in [3.05, 3.63) is 87.4 Å². The molecule has 0 unspecified atom stereocenters. The largest absolute Gasteiger partial charge is 0.419 e. The van der Waals surface area contributed by atoms with Crippen LogP contribution in [0.1, 0.15) is 12.0 Å². The summed E-state index contributed by atoms with van der Waals surface area (Å²) in [6.07, 6.45) is 2.22. The first-order valence-electron chi connectivity index (χ1n) is 9.76. The van der Waals surface area contributed by atoms with E-state index in [2.05, 4.69) is 4.98 Å². The predicted molar refractivity (Wildman–Crippen MR) is 119 cm³/mol. The quantitative estimate of drug-likeness (QED) is 0.424. The summed E-state index contributed by atoms with van der Waals surface area (Å²) in [6, 6.07) is 17.4. The van der Waals surface area contributed by atoms with Crippen LogP contribution in [0.15, 0.2) is 74.9 Å². The molecule has 0 aliphatic heterocycles. The SMILES string of the molecule is Cc1c(-c2ccccc2)sc2ncn(CCCn3c(=O)oc4ccccc43)c(=O)c12. The summed E-state index contributed by atoms with van der Waals surface area (Å²) in [6.45, 7) is 2.92. The lowest BCUT2D eigenvalue weighted by Crippen LogP contribution is -2.22. The van der Waals surface area contributed by atoms with Crippen molar-refractivity contribution in [2.24, 2.45) is 0 Å². The Morgan fingerprint density at radius 3 is 2.60 bits per heavy atom. The predicted octanol–water partition coefficient (Wildman–Crippen LogP) is 4.43. The smallest absolute Gasteiger partial charge is 0.408 e. The number of aromatic nitrogens is 3. The third-order valence-electron chi connectivity index (χ3n) is 5.31. The van der Waals surface area contributed by atoms with E-state index in [1.807, 2.05) is 55.5 Å². The Kier molecular flexibility index (Phi) is 4.59. The van der Waals surface area contributed by atoms with E-state index >= 15 is 0 Å². The Bertz CT molecular complexity index is 1470. The number of rotatable bonds is 5. The van der Waals surface area contributed by atoms with Crippen LogP contribution in [0.3, 0.4) is 0 Å². The molecule has 2 aromatic carbocycles. The minimum Gasteiger partial charge on any atom is -0.408 e. The number of para-hydroxylation sites is 2. The van der Waals surface area contributed by atoms with Crippen LogP contribution in [0.25, 0.3) is 31.8 Å². The van der Waals surface area contributed by atoms with E-state index in [1.54, 1.807) is 32.9 Å². The molecular weight excluding hydrogens is 398 g/mol. The third-order valence-corrected chi connectivity index (χ3v) is 6.56. The zero-order chi connectivity index (χ0) is 20.7. The molecule has 0 bridgehead atoms. The van der Waals surface area contributed by atoms with Gasteiger partial charge < -0.3 is 4.42 Å². The summed E-state index contributed by atoms with van der Waals surface area (Å²) >= 11 is 1.54. The Morgan fingerprint density at radius 1 is 1.00 bits per heavy atom. The van der Waals surface area contributed by atoms with E-state index in [0.717, 1.165) is 26.4 Å². The molecule has 0 saturated carbocycles. The topological polar surface area (TPSA) is 70.0 Å². The molecule has 3 aromatic heterocycles. The van der Waals surface area contributed by atoms with E-state index in [1.165, 1.54) is 0 Å². The van der Waals surface area contributed by atoms with Crippen molar-refractivity contribution in [2.45, 2.75) is 26.4 Å². The molecule has 150 valence electrons. The maximum Gasteiger partial charge on any atom is 0.419 e. The van der Waals surface area contributed by atoms with E-state index in [4.69, 9.17) is 4.42 Å². The summed E-state index contributed by atoms with van der Waals surface area (Å²) in [7, 11) is 0. The molecule has 3 heterocycles. The van der Waals surface area contributed by atoms with Crippen molar-refractivity contribution in [3.63, 3.8) is 0 Å². The Labute approximate surface area is 175 Å². The van der Waals surface area contributed by atoms with Gasteiger partial charge in [0.05, 0.1) is 17.2 Å². The van der Waals surface area contributed by atoms with Gasteiger partial charge in [0, 0.05) is 18.0 Å². The number of oxazole rings is 1. The fourth-order valence-corrected chi connectivity index (χ4v) is 4.95. The summed E-state index contributed by atoms with van der Waals surface area (Å²) < 4.78 is 8.51. The van der Waals surface area contributed by atoms with Crippen molar-refractivity contribution in [2.75, 3.05) is 0 Å². The second kappa shape index (κ2) is 7.42. The first kappa shape index (κ1) is 18.6. The monoisotopic (exact) mass is 417 g/mol. The van der Waals surface area contributed by atoms with Gasteiger partial charge in [0.1, 0.15) is 4.83 Å². The summed E-state index contributed by atoms with van der Waals surface area (Å²) in [5, 5.41) is 0.673. The van der Waals surface area contributed by atoms with Gasteiger partial charge in [-0.1, -0.05) is 42.5 Å². The average Bonchev–Trinajstić information content (AvgIpc) is 3.27. The van der Waals surface area contributed by atoms with Crippen molar-refractivity contribution < 1.29 is 4.42 Å². The van der Waals surface area contributed by atoms with Crippen LogP contribution >= 0.6 is 11.3 Å². The summed E-state index contributed by atoms with van der Waals surface area (Å²) in [4.78, 5) is 31.6. The molecule has 0 aliphatic carbocycles. The molecule has 0 amide bonds. The van der Waals surface area contributed by atoms with Gasteiger partial charge in [-0.2, -0.15) is 0 Å². The van der Waals surface area contributed by atoms with Gasteiger partial charge in [0.15, 0.2) is 5.58 Å². The van der Waals surface area contributed by atoms with Gasteiger partial charge in [-0.3, -0.25) is 13.9 Å². The number of aryl methyl sites for hydroxylation is 3. The van der Waals surface area contributed by atoms with Crippen molar-refractivity contribution >= 4 is 32.7 Å². The number of benzene rings is 2. The highest BCUT2D eigenvalue weighted by Gasteiger charge is 2.16. The first-order valence-corrected chi connectivity index (χ1v) is 10.6. The fraction of sp³-hybridized carbons (Fsp3) is 0.174. The highest BCUT2D eigenvalue weighted by atomic mass is 32.1. The molecule has 7 heteroatoms. The minimum atomic E-state index is -0.377. The second-order valence-corrected chi connectivity index (χ2v) is 8.19. The van der Waals surface area contributed by atoms with Gasteiger partial charge in [0.25, 0.3) is 5.56 Å². The lowest BCUT2D eigenvalue weighted by Gasteiger charge is -2.06. The highest BCUT2D eigenvalue weighted by molar-refractivity contribution is 7.22. The maximum atomic E-state index is 13.1. The number of thiophene rings is 1. The zero-order valence-corrected chi connectivity index (χ0v) is 17.2. The van der Waals surface area contributed by atoms with Gasteiger partial charge >= 0.3 is 5.76 Å². The maximum absolute atomic E-state index is 13.1. The molecule has 0 radical (unpaired) electrons. The normalized spacial score (nSPS) is 11.5. The van der Waals surface area contributed by atoms with Crippen molar-refractivity contribution in [1.82, 2.24) is 14.1 Å². The van der Waals surface area contributed by atoms with Gasteiger partial charge in [-0.05, 0) is 36.6 Å². The van der Waals surface area contributed by atoms with Crippen LogP contribution in [-0.4, -0.2) is 14.1 Å². The van der Waals surface area contributed by atoms with E-state index in [9.17, 15) is 9.59 Å². The number of nitrogens with zero attached hydrogens (tertiary/aromatic N) is 3. The van der Waals surface area contributed by atoms with Crippen LogP contribution < -0.4 is 11.3 Å². The number of hydrogen-bond donors (Lipinski definition) is 0. The van der Waals surface area contributed by atoms with E-state index < -0.39 is 0 Å². The minimum absolute atomic E-state index is 0.0414. The standard InChI is InChI=1S/C23H19N3O3S/c1-15-19-21(30-20(15)16-8-3-2-4-9-16)24-14-25(22(19)27)12-7-13-26-17-10-5-6-11-18(17)29-23(26)28/h2-6,8-11,14H,7,12-13H2,1H3. The van der Waals surface area contributed by atoms with Crippen LogP contribution in [-0.2, 0) is 13.1 Å². The van der Waals surface area contributed by atoms with Gasteiger partial charge in [-0.25, -0.2) is 9.78 Å². The third kappa shape index (κ3) is 3.07. The molecular formula is C23H19N3O3S. The Morgan fingerprint density at radius 2 is 1.77 bits per heavy atom. The zero-order valence-electron chi connectivity index (χ0n) is 16.4. The molecule has 0 aliphatic rings. The van der Waals surface area contributed by atoms with Crippen molar-refractivity contribution in [1.29, 1.82) is 0 Å². The molecule has 0 spiro atoms. The average molecular weight is 417 g/mol. The molecule has 5 rings (SSSR count). The second-order valence-electron chi connectivity index (χ2n) is 7.19. The molecule has 0 atom stereocenters. The number of hydrogen-bond acceptors (Lipinski definition) is 5. The summed E-state index contributed by atoms with van der Waals surface area (Å²) in [5.41, 5.74) is 3.36. The molecule has 30 heavy (non-hydrogen) atoms. The van der Waals surface area contributed by atoms with Crippen LogP contribution in [0.4, 0.5) is 0 Å². The fourth-order valence-electron chi connectivity index (χ4n) is 3.81. The molecule has 0 saturated heterocycles. The molecule has 0 fully saturated rings. The van der Waals surface area contributed by atoms with Crippen LogP contribution in [0.2, 0.25) is 0 Å². The van der Waals surface area contributed by atoms with Crippen LogP contribution in [0.5, 0.6) is 0 Å². The first-order chi connectivity index (χ1) is 14.6. The highest BCUT2D eigenvalue weighted by Crippen LogP contribution is 2.35. The lowest BCUT2D eigenvalue weighted by molar-refractivity contribution is 0.481. The van der Waals surface area contributed by atoms with Crippen molar-refractivity contribution in [3.8, 4) is 10.4 Å². The molecule has 6 nitrogen and oxygen atoms in total. The van der Waals surface area contributed by atoms with Gasteiger partial charge in [-0.15, -0.1) is 11.3 Å². The molecule has 5 aromatic rings. The Balaban J connectivity index is 1.43. The lowest BCUT2D eigenvalue weighted by atomic mass is 10.1. The van der Waals surface area contributed by atoms with Gasteiger partial charge in [0.2, 0.25) is 0 Å². The van der Waals surface area contributed by atoms with E-state index in [0.29, 0.717) is 30.5 Å². The number of fused-ring (bicyclic) bond motifs is 2. The van der Waals surface area contributed by atoms with E-state index in [-0.39, 0.29) is 11.3 Å². The molecule has 0 N–H and O–H groups in total. The Hall–Kier alpha value is -3.45. The van der Waals surface area contributed by atoms with Crippen LogP contribution in [0, 0.1) is 6.92 Å².